The Morgan fingerprint density at radius 2 is 1.34 bits per heavy atom. The minimum atomic E-state index is -3.39. The number of hydrogen-bond donors (Lipinski definition) is 0. The largest absolute Gasteiger partial charge is 0.373 e. The van der Waals surface area contributed by atoms with Crippen molar-refractivity contribution in [3.05, 3.63) is 118 Å². The van der Waals surface area contributed by atoms with Gasteiger partial charge in [-0.2, -0.15) is 27.6 Å². The molecule has 0 bridgehead atoms. The zero-order chi connectivity index (χ0) is 43.4. The lowest BCUT2D eigenvalue weighted by Crippen LogP contribution is -2.09. The number of allylic oxidation sites excluding steroid dienone is 2. The van der Waals surface area contributed by atoms with Crippen LogP contribution in [0.2, 0.25) is 0 Å². The van der Waals surface area contributed by atoms with Crippen LogP contribution in [0.3, 0.4) is 0 Å². The summed E-state index contributed by atoms with van der Waals surface area (Å²) in [5.74, 6) is 3.14. The first kappa shape index (κ1) is 46.0. The second-order valence-electron chi connectivity index (χ2n) is 16.2. The Balaban J connectivity index is 0.000000183. The van der Waals surface area contributed by atoms with Gasteiger partial charge >= 0.3 is 12.3 Å². The fourth-order valence-electron chi connectivity index (χ4n) is 9.70. The first-order valence-electron chi connectivity index (χ1n) is 21.3. The molecule has 0 N–H and O–H groups in total. The molecule has 0 radical (unpaired) electrons. The fourth-order valence-corrected chi connectivity index (χ4v) is 12.1. The highest BCUT2D eigenvalue weighted by atomic mass is 32.2. The molecule has 2 fully saturated rings. The molecule has 1 aliphatic heterocycles. The van der Waals surface area contributed by atoms with Crippen molar-refractivity contribution in [3.8, 4) is 11.3 Å². The van der Waals surface area contributed by atoms with E-state index < -0.39 is 10.1 Å². The van der Waals surface area contributed by atoms with Crippen LogP contribution < -0.4 is 0 Å². The van der Waals surface area contributed by atoms with Crippen LogP contribution in [0.1, 0.15) is 104 Å². The van der Waals surface area contributed by atoms with Crippen molar-refractivity contribution < 1.29 is 31.8 Å². The smallest absolute Gasteiger partial charge is 0.339 e. The van der Waals surface area contributed by atoms with Gasteiger partial charge in [0, 0.05) is 44.3 Å². The summed E-state index contributed by atoms with van der Waals surface area (Å²) < 4.78 is 30.1. The lowest BCUT2D eigenvalue weighted by Gasteiger charge is -2.26. The summed E-state index contributed by atoms with van der Waals surface area (Å²) in [6, 6.07) is 31.6. The van der Waals surface area contributed by atoms with Crippen molar-refractivity contribution in [2.75, 3.05) is 24.4 Å². The number of benzene rings is 4. The van der Waals surface area contributed by atoms with Gasteiger partial charge in [-0.05, 0) is 115 Å². The molecule has 2 saturated carbocycles. The molecule has 4 aliphatic rings. The van der Waals surface area contributed by atoms with Crippen molar-refractivity contribution >= 4 is 68.0 Å². The van der Waals surface area contributed by atoms with Crippen LogP contribution in [0.15, 0.2) is 94.7 Å². The second kappa shape index (κ2) is 22.1. The quantitative estimate of drug-likeness (QED) is 0.0853. The number of fused-ring (bicyclic) bond motifs is 6. The molecule has 0 amide bonds. The number of aromatic nitrogens is 1. The first-order chi connectivity index (χ1) is 29.6. The van der Waals surface area contributed by atoms with E-state index in [4.69, 9.17) is 23.4 Å². The van der Waals surface area contributed by atoms with Crippen molar-refractivity contribution in [3.63, 3.8) is 0 Å². The Kier molecular flexibility index (Phi) is 16.6. The molecule has 320 valence electrons. The SMILES string of the molecule is Cc1ccc2c(C3CCCCC3)c3n(c2c1)CCSc1ccccc1-3.Cc1ccc2c(c1)CC(c1ccccc1SCCOS(C)(=O)=O)=C2C1CCCCC1.O=C=O.O=C=O. The summed E-state index contributed by atoms with van der Waals surface area (Å²) >= 11 is 3.70. The van der Waals surface area contributed by atoms with Gasteiger partial charge in [0.2, 0.25) is 0 Å². The van der Waals surface area contributed by atoms with E-state index in [1.165, 1.54) is 130 Å². The average molecular weight is 878 g/mol. The monoisotopic (exact) mass is 877 g/mol. The highest BCUT2D eigenvalue weighted by Crippen LogP contribution is 2.49. The Morgan fingerprint density at radius 3 is 2.03 bits per heavy atom. The Hall–Kier alpha value is -4.47. The van der Waals surface area contributed by atoms with Gasteiger partial charge in [-0.3, -0.25) is 4.18 Å². The molecular weight excluding hydrogens is 823 g/mol. The third-order valence-electron chi connectivity index (χ3n) is 12.1. The maximum Gasteiger partial charge on any atom is 0.373 e. The molecule has 0 spiro atoms. The summed E-state index contributed by atoms with van der Waals surface area (Å²) in [5.41, 5.74) is 16.0. The van der Waals surface area contributed by atoms with Crippen molar-refractivity contribution in [1.82, 2.24) is 4.57 Å². The summed E-state index contributed by atoms with van der Waals surface area (Å²) in [5, 5.41) is 1.51. The molecule has 11 heteroatoms. The summed E-state index contributed by atoms with van der Waals surface area (Å²) in [6.07, 6.45) is 16.0. The molecule has 0 unspecified atom stereocenters. The Bertz CT molecular complexity index is 2500. The first-order valence-corrected chi connectivity index (χ1v) is 25.1. The number of carbonyl (C=O) groups excluding carboxylic acids is 4. The summed E-state index contributed by atoms with van der Waals surface area (Å²) in [7, 11) is -3.39. The number of hydrogen-bond acceptors (Lipinski definition) is 9. The summed E-state index contributed by atoms with van der Waals surface area (Å²) in [4.78, 5) is 35.2. The maximum absolute atomic E-state index is 11.3. The van der Waals surface area contributed by atoms with Crippen LogP contribution in [0.25, 0.3) is 33.3 Å². The van der Waals surface area contributed by atoms with Crippen LogP contribution in [0.5, 0.6) is 0 Å². The van der Waals surface area contributed by atoms with E-state index in [1.807, 2.05) is 11.8 Å². The second-order valence-corrected chi connectivity index (χ2v) is 20.1. The number of thioether (sulfide) groups is 2. The fraction of sp³-hybridized carbons (Fsp3) is 0.400. The van der Waals surface area contributed by atoms with E-state index in [9.17, 15) is 8.42 Å². The van der Waals surface area contributed by atoms with Crippen molar-refractivity contribution in [2.24, 2.45) is 5.92 Å². The van der Waals surface area contributed by atoms with Gasteiger partial charge in [-0.15, -0.1) is 23.5 Å². The topological polar surface area (TPSA) is 117 Å². The third-order valence-corrected chi connectivity index (χ3v) is 14.8. The van der Waals surface area contributed by atoms with E-state index in [2.05, 4.69) is 103 Å². The standard InChI is InChI=1S/C25H30O3S2.C23H25NS.2CO2/c1-18-12-13-21-20(16-18)17-23(25(21)19-8-4-3-5-9-19)22-10-6-7-11-24(22)29-15-14-28-30(2,26)27;1-16-11-12-18-20(15-16)24-13-14-25-21-10-6-5-9-19(21)23(24)22(18)17-7-3-2-4-8-17;2*2-1-3/h6-7,10-13,16,19H,3-5,8-9,14-15,17H2,1-2H3;5-6,9-12,15,17H,2-4,7-8,13-14H2,1H3;;. The van der Waals surface area contributed by atoms with Gasteiger partial charge in [0.1, 0.15) is 0 Å². The van der Waals surface area contributed by atoms with E-state index in [-0.39, 0.29) is 18.9 Å². The minimum absolute atomic E-state index is 0.200. The molecule has 61 heavy (non-hydrogen) atoms. The molecule has 8 nitrogen and oxygen atoms in total. The molecule has 9 rings (SSSR count). The molecule has 2 heterocycles. The Labute approximate surface area is 369 Å². The number of aryl methyl sites for hydroxylation is 3. The predicted molar refractivity (Wildman–Crippen MR) is 245 cm³/mol. The molecule has 4 aromatic carbocycles. The zero-order valence-electron chi connectivity index (χ0n) is 35.4. The highest BCUT2D eigenvalue weighted by Gasteiger charge is 2.31. The van der Waals surface area contributed by atoms with Gasteiger partial charge in [-0.25, -0.2) is 0 Å². The minimum Gasteiger partial charge on any atom is -0.339 e. The van der Waals surface area contributed by atoms with Gasteiger partial charge < -0.3 is 4.57 Å². The van der Waals surface area contributed by atoms with Crippen LogP contribution >= 0.6 is 23.5 Å². The number of nitrogens with zero attached hydrogens (tertiary/aromatic N) is 1. The van der Waals surface area contributed by atoms with Gasteiger partial charge in [0.05, 0.1) is 18.6 Å². The van der Waals surface area contributed by atoms with Gasteiger partial charge in [-0.1, -0.05) is 111 Å². The Morgan fingerprint density at radius 1 is 0.738 bits per heavy atom. The van der Waals surface area contributed by atoms with Crippen LogP contribution in [-0.2, 0) is 46.4 Å². The maximum atomic E-state index is 11.3. The lowest BCUT2D eigenvalue weighted by molar-refractivity contribution is -0.193. The predicted octanol–water partition coefficient (Wildman–Crippen LogP) is 11.7. The molecule has 3 aliphatic carbocycles. The van der Waals surface area contributed by atoms with Crippen molar-refractivity contribution in [1.29, 1.82) is 0 Å². The molecule has 5 aromatic rings. The highest BCUT2D eigenvalue weighted by molar-refractivity contribution is 7.99. The van der Waals surface area contributed by atoms with E-state index in [0.717, 1.165) is 30.9 Å². The lowest BCUT2D eigenvalue weighted by atomic mass is 9.79. The molecule has 0 saturated heterocycles. The van der Waals surface area contributed by atoms with E-state index in [1.54, 1.807) is 22.9 Å². The normalized spacial score (nSPS) is 16.2. The van der Waals surface area contributed by atoms with Gasteiger partial charge in [0.15, 0.2) is 0 Å². The average Bonchev–Trinajstić information content (AvgIpc) is 3.71. The van der Waals surface area contributed by atoms with Crippen LogP contribution in [0.4, 0.5) is 0 Å². The van der Waals surface area contributed by atoms with Crippen LogP contribution in [-0.4, -0.2) is 49.7 Å². The van der Waals surface area contributed by atoms with Crippen LogP contribution in [0, 0.1) is 19.8 Å². The van der Waals surface area contributed by atoms with Gasteiger partial charge in [0.25, 0.3) is 10.1 Å². The van der Waals surface area contributed by atoms with E-state index in [0.29, 0.717) is 11.7 Å². The molecule has 0 atom stereocenters. The zero-order valence-corrected chi connectivity index (χ0v) is 37.8. The molecular formula is C50H55NO7S3. The molecule has 1 aromatic heterocycles. The van der Waals surface area contributed by atoms with E-state index >= 15 is 0 Å². The van der Waals surface area contributed by atoms with Crippen molar-refractivity contribution in [2.45, 2.75) is 107 Å². The summed E-state index contributed by atoms with van der Waals surface area (Å²) in [6.45, 7) is 5.70. The third kappa shape index (κ3) is 11.5. The number of rotatable bonds is 8.